The van der Waals surface area contributed by atoms with Gasteiger partial charge in [0.25, 0.3) is 0 Å². The van der Waals surface area contributed by atoms with E-state index < -0.39 is 5.41 Å². The van der Waals surface area contributed by atoms with Gasteiger partial charge in [-0.05, 0) is 43.9 Å². The molecule has 0 spiro atoms. The van der Waals surface area contributed by atoms with E-state index in [1.165, 1.54) is 0 Å². The monoisotopic (exact) mass is 263 g/mol. The van der Waals surface area contributed by atoms with Crippen LogP contribution in [-0.4, -0.2) is 19.6 Å². The number of hydrogen-bond donors (Lipinski definition) is 1. The molecule has 1 N–H and O–H groups in total. The highest BCUT2D eigenvalue weighted by molar-refractivity contribution is 5.87. The predicted octanol–water partition coefficient (Wildman–Crippen LogP) is 3.05. The number of carbonyl (C=O) groups is 1. The number of aryl methyl sites for hydroxylation is 1. The average Bonchev–Trinajstić information content (AvgIpc) is 2.35. The first-order valence-corrected chi connectivity index (χ1v) is 6.72. The first-order valence-electron chi connectivity index (χ1n) is 6.72. The standard InChI is InChI=1S/C16H25NO2/c1-11(2)10-17-15(18)16(4,5)13-7-8-14(19-6)12(3)9-13/h7-9,11H,10H2,1-6H3,(H,17,18). The van der Waals surface area contributed by atoms with Gasteiger partial charge >= 0.3 is 0 Å². The Morgan fingerprint density at radius 1 is 1.37 bits per heavy atom. The molecule has 0 aliphatic rings. The zero-order valence-electron chi connectivity index (χ0n) is 12.8. The van der Waals surface area contributed by atoms with Crippen molar-refractivity contribution in [2.45, 2.75) is 40.0 Å². The maximum absolute atomic E-state index is 12.3. The van der Waals surface area contributed by atoms with Crippen LogP contribution < -0.4 is 10.1 Å². The molecule has 19 heavy (non-hydrogen) atoms. The van der Waals surface area contributed by atoms with Gasteiger partial charge in [-0.25, -0.2) is 0 Å². The minimum atomic E-state index is -0.536. The molecule has 0 fully saturated rings. The van der Waals surface area contributed by atoms with Crippen molar-refractivity contribution >= 4 is 5.91 Å². The minimum absolute atomic E-state index is 0.0609. The van der Waals surface area contributed by atoms with Crippen molar-refractivity contribution in [3.05, 3.63) is 29.3 Å². The third kappa shape index (κ3) is 3.72. The van der Waals surface area contributed by atoms with Crippen LogP contribution in [0.5, 0.6) is 5.75 Å². The Labute approximate surface area is 116 Å². The van der Waals surface area contributed by atoms with Gasteiger partial charge in [-0.3, -0.25) is 4.79 Å². The van der Waals surface area contributed by atoms with Gasteiger partial charge in [0.1, 0.15) is 5.75 Å². The normalized spacial score (nSPS) is 11.5. The molecule has 0 bridgehead atoms. The first-order chi connectivity index (χ1) is 8.78. The number of nitrogens with one attached hydrogen (secondary N) is 1. The van der Waals surface area contributed by atoms with E-state index in [0.717, 1.165) is 16.9 Å². The van der Waals surface area contributed by atoms with E-state index in [9.17, 15) is 4.79 Å². The molecule has 1 aromatic carbocycles. The molecule has 1 rings (SSSR count). The molecule has 0 saturated heterocycles. The summed E-state index contributed by atoms with van der Waals surface area (Å²) in [4.78, 5) is 12.3. The van der Waals surface area contributed by atoms with E-state index in [0.29, 0.717) is 12.5 Å². The number of methoxy groups -OCH3 is 1. The number of hydrogen-bond acceptors (Lipinski definition) is 2. The van der Waals surface area contributed by atoms with Gasteiger partial charge in [0, 0.05) is 6.54 Å². The van der Waals surface area contributed by atoms with E-state index in [2.05, 4.69) is 19.2 Å². The molecule has 0 saturated carbocycles. The van der Waals surface area contributed by atoms with E-state index in [1.807, 2.05) is 39.0 Å². The number of carbonyl (C=O) groups excluding carboxylic acids is 1. The Hall–Kier alpha value is -1.51. The number of benzene rings is 1. The largest absolute Gasteiger partial charge is 0.496 e. The van der Waals surface area contributed by atoms with Crippen molar-refractivity contribution < 1.29 is 9.53 Å². The summed E-state index contributed by atoms with van der Waals surface area (Å²) in [7, 11) is 1.66. The zero-order valence-corrected chi connectivity index (χ0v) is 12.8. The summed E-state index contributed by atoms with van der Waals surface area (Å²) < 4.78 is 5.25. The molecular weight excluding hydrogens is 238 g/mol. The van der Waals surface area contributed by atoms with Crippen molar-refractivity contribution in [3.8, 4) is 5.75 Å². The highest BCUT2D eigenvalue weighted by Gasteiger charge is 2.30. The quantitative estimate of drug-likeness (QED) is 0.886. The molecule has 3 heteroatoms. The zero-order chi connectivity index (χ0) is 14.6. The third-order valence-electron chi connectivity index (χ3n) is 3.36. The maximum atomic E-state index is 12.3. The second-order valence-electron chi connectivity index (χ2n) is 5.91. The predicted molar refractivity (Wildman–Crippen MR) is 78.6 cm³/mol. The summed E-state index contributed by atoms with van der Waals surface area (Å²) in [5.74, 6) is 1.37. The Bertz CT molecular complexity index is 450. The van der Waals surface area contributed by atoms with Gasteiger partial charge in [-0.2, -0.15) is 0 Å². The summed E-state index contributed by atoms with van der Waals surface area (Å²) in [6.07, 6.45) is 0. The van der Waals surface area contributed by atoms with E-state index in [4.69, 9.17) is 4.74 Å². The molecule has 0 aliphatic heterocycles. The highest BCUT2D eigenvalue weighted by Crippen LogP contribution is 2.28. The molecule has 0 aliphatic carbocycles. The van der Waals surface area contributed by atoms with Crippen LogP contribution in [0.4, 0.5) is 0 Å². The summed E-state index contributed by atoms with van der Waals surface area (Å²) in [5.41, 5.74) is 1.52. The molecule has 1 aromatic rings. The fourth-order valence-corrected chi connectivity index (χ4v) is 1.92. The highest BCUT2D eigenvalue weighted by atomic mass is 16.5. The van der Waals surface area contributed by atoms with Crippen LogP contribution >= 0.6 is 0 Å². The van der Waals surface area contributed by atoms with Crippen molar-refractivity contribution in [1.29, 1.82) is 0 Å². The molecule has 0 unspecified atom stereocenters. The van der Waals surface area contributed by atoms with E-state index in [-0.39, 0.29) is 5.91 Å². The van der Waals surface area contributed by atoms with Crippen LogP contribution in [-0.2, 0) is 10.2 Å². The van der Waals surface area contributed by atoms with Crippen molar-refractivity contribution in [1.82, 2.24) is 5.32 Å². The Kier molecular flexibility index (Phi) is 4.98. The van der Waals surface area contributed by atoms with Crippen LogP contribution in [0.15, 0.2) is 18.2 Å². The lowest BCUT2D eigenvalue weighted by atomic mass is 9.83. The Morgan fingerprint density at radius 2 is 2.00 bits per heavy atom. The fraction of sp³-hybridized carbons (Fsp3) is 0.562. The number of ether oxygens (including phenoxy) is 1. The van der Waals surface area contributed by atoms with Gasteiger partial charge in [-0.15, -0.1) is 0 Å². The Morgan fingerprint density at radius 3 is 2.47 bits per heavy atom. The van der Waals surface area contributed by atoms with Gasteiger partial charge in [0.2, 0.25) is 5.91 Å². The van der Waals surface area contributed by atoms with Gasteiger partial charge in [0.15, 0.2) is 0 Å². The lowest BCUT2D eigenvalue weighted by Gasteiger charge is -2.25. The molecule has 3 nitrogen and oxygen atoms in total. The number of amides is 1. The second kappa shape index (κ2) is 6.09. The lowest BCUT2D eigenvalue weighted by Crippen LogP contribution is -2.41. The van der Waals surface area contributed by atoms with Gasteiger partial charge in [-0.1, -0.05) is 26.0 Å². The topological polar surface area (TPSA) is 38.3 Å². The number of rotatable bonds is 5. The van der Waals surface area contributed by atoms with Crippen molar-refractivity contribution in [2.24, 2.45) is 5.92 Å². The minimum Gasteiger partial charge on any atom is -0.496 e. The molecular formula is C16H25NO2. The molecule has 1 amide bonds. The van der Waals surface area contributed by atoms with Crippen LogP contribution in [0.25, 0.3) is 0 Å². The summed E-state index contributed by atoms with van der Waals surface area (Å²) in [5, 5.41) is 3.00. The average molecular weight is 263 g/mol. The summed E-state index contributed by atoms with van der Waals surface area (Å²) in [6, 6.07) is 5.90. The molecule has 0 heterocycles. The van der Waals surface area contributed by atoms with Crippen LogP contribution in [0, 0.1) is 12.8 Å². The first kappa shape index (κ1) is 15.5. The van der Waals surface area contributed by atoms with Gasteiger partial charge < -0.3 is 10.1 Å². The molecule has 0 aromatic heterocycles. The van der Waals surface area contributed by atoms with E-state index >= 15 is 0 Å². The smallest absolute Gasteiger partial charge is 0.230 e. The lowest BCUT2D eigenvalue weighted by molar-refractivity contribution is -0.125. The third-order valence-corrected chi connectivity index (χ3v) is 3.36. The van der Waals surface area contributed by atoms with Gasteiger partial charge in [0.05, 0.1) is 12.5 Å². The SMILES string of the molecule is COc1ccc(C(C)(C)C(=O)NCC(C)C)cc1C. The molecule has 0 atom stereocenters. The Balaban J connectivity index is 2.92. The van der Waals surface area contributed by atoms with Crippen LogP contribution in [0.3, 0.4) is 0 Å². The van der Waals surface area contributed by atoms with E-state index in [1.54, 1.807) is 7.11 Å². The summed E-state index contributed by atoms with van der Waals surface area (Å²) >= 11 is 0. The molecule has 106 valence electrons. The van der Waals surface area contributed by atoms with Crippen LogP contribution in [0.1, 0.15) is 38.8 Å². The summed E-state index contributed by atoms with van der Waals surface area (Å²) in [6.45, 7) is 10.8. The second-order valence-corrected chi connectivity index (χ2v) is 5.91. The molecule has 0 radical (unpaired) electrons. The fourth-order valence-electron chi connectivity index (χ4n) is 1.92. The maximum Gasteiger partial charge on any atom is 0.230 e. The van der Waals surface area contributed by atoms with Crippen molar-refractivity contribution in [2.75, 3.05) is 13.7 Å². The van der Waals surface area contributed by atoms with Crippen LogP contribution in [0.2, 0.25) is 0 Å². The van der Waals surface area contributed by atoms with Crippen molar-refractivity contribution in [3.63, 3.8) is 0 Å².